The SMILES string of the molecule is O=S(=O)([O-])CN1C(=CC2Sc3sccc3N2CS(=O)(=O)[O-])Sc2ccc(Cl)cc21. The molecule has 0 bridgehead atoms. The van der Waals surface area contributed by atoms with Crippen molar-refractivity contribution in [1.82, 2.24) is 0 Å². The average molecular weight is 511 g/mol. The molecule has 1 unspecified atom stereocenters. The molecular weight excluding hydrogens is 500 g/mol. The van der Waals surface area contributed by atoms with Crippen LogP contribution in [0.3, 0.4) is 0 Å². The van der Waals surface area contributed by atoms with Crippen LogP contribution in [0.2, 0.25) is 5.02 Å². The van der Waals surface area contributed by atoms with Crippen LogP contribution < -0.4 is 9.80 Å². The molecule has 0 saturated heterocycles. The molecule has 29 heavy (non-hydrogen) atoms. The summed E-state index contributed by atoms with van der Waals surface area (Å²) < 4.78 is 69.4. The molecule has 2 aliphatic rings. The number of benzene rings is 1. The summed E-state index contributed by atoms with van der Waals surface area (Å²) in [6.45, 7) is 0. The molecule has 0 N–H and O–H groups in total. The minimum atomic E-state index is -4.60. The number of thiophene rings is 1. The zero-order chi connectivity index (χ0) is 21.0. The Morgan fingerprint density at radius 3 is 2.48 bits per heavy atom. The van der Waals surface area contributed by atoms with Gasteiger partial charge in [-0.2, -0.15) is 0 Å². The van der Waals surface area contributed by atoms with E-state index in [9.17, 15) is 25.9 Å². The maximum absolute atomic E-state index is 11.5. The Morgan fingerprint density at radius 1 is 1.07 bits per heavy atom. The second-order valence-electron chi connectivity index (χ2n) is 6.09. The second-order valence-corrected chi connectivity index (χ2v) is 12.6. The van der Waals surface area contributed by atoms with E-state index in [0.29, 0.717) is 26.3 Å². The van der Waals surface area contributed by atoms with Gasteiger partial charge in [0.15, 0.2) is 0 Å². The summed E-state index contributed by atoms with van der Waals surface area (Å²) in [7, 11) is -9.14. The zero-order valence-electron chi connectivity index (χ0n) is 14.2. The molecule has 0 spiro atoms. The fourth-order valence-corrected chi connectivity index (χ4v) is 8.07. The lowest BCUT2D eigenvalue weighted by Crippen LogP contribution is -2.34. The number of thioether (sulfide) groups is 2. The van der Waals surface area contributed by atoms with Crippen molar-refractivity contribution in [3.63, 3.8) is 0 Å². The van der Waals surface area contributed by atoms with E-state index >= 15 is 0 Å². The highest BCUT2D eigenvalue weighted by molar-refractivity contribution is 8.04. The molecule has 4 rings (SSSR count). The molecule has 1 aromatic heterocycles. The lowest BCUT2D eigenvalue weighted by atomic mass is 10.3. The summed E-state index contributed by atoms with van der Waals surface area (Å²) >= 11 is 10.0. The first kappa shape index (κ1) is 21.3. The van der Waals surface area contributed by atoms with Gasteiger partial charge in [0, 0.05) is 9.92 Å². The summed E-state index contributed by atoms with van der Waals surface area (Å²) in [5, 5.41) is 2.08. The minimum absolute atomic E-state index is 0.385. The molecule has 1 aromatic carbocycles. The van der Waals surface area contributed by atoms with Crippen LogP contribution in [0.4, 0.5) is 11.4 Å². The lowest BCUT2D eigenvalue weighted by Gasteiger charge is -2.27. The van der Waals surface area contributed by atoms with Crippen LogP contribution in [-0.4, -0.2) is 43.1 Å². The Morgan fingerprint density at radius 2 is 1.79 bits per heavy atom. The van der Waals surface area contributed by atoms with Crippen LogP contribution in [0.15, 0.2) is 49.9 Å². The molecule has 8 nitrogen and oxygen atoms in total. The van der Waals surface area contributed by atoms with Gasteiger partial charge in [-0.05, 0) is 35.7 Å². The number of rotatable bonds is 5. The molecular formula is C15H11ClN2O6S5-2. The van der Waals surface area contributed by atoms with Gasteiger partial charge < -0.3 is 18.9 Å². The first-order valence-electron chi connectivity index (χ1n) is 7.85. The predicted molar refractivity (Wildman–Crippen MR) is 113 cm³/mol. The quantitative estimate of drug-likeness (QED) is 0.554. The maximum Gasteiger partial charge on any atom is 0.114 e. The summed E-state index contributed by atoms with van der Waals surface area (Å²) in [6.07, 6.45) is 1.66. The topological polar surface area (TPSA) is 121 Å². The minimum Gasteiger partial charge on any atom is -0.747 e. The van der Waals surface area contributed by atoms with E-state index in [0.717, 1.165) is 4.21 Å². The number of fused-ring (bicyclic) bond motifs is 2. The van der Waals surface area contributed by atoms with E-state index in [2.05, 4.69) is 0 Å². The van der Waals surface area contributed by atoms with Crippen LogP contribution in [0, 0.1) is 0 Å². The Bertz CT molecular complexity index is 1210. The normalized spacial score (nSPS) is 20.4. The molecule has 3 heterocycles. The number of nitrogens with zero attached hydrogens (tertiary/aromatic N) is 2. The second kappa shape index (κ2) is 7.64. The van der Waals surface area contributed by atoms with E-state index < -0.39 is 37.4 Å². The monoisotopic (exact) mass is 510 g/mol. The Balaban J connectivity index is 1.73. The number of anilines is 2. The molecule has 0 aliphatic carbocycles. The molecule has 0 radical (unpaired) electrons. The van der Waals surface area contributed by atoms with Gasteiger partial charge in [-0.25, -0.2) is 16.8 Å². The largest absolute Gasteiger partial charge is 0.747 e. The average Bonchev–Trinajstić information content (AvgIpc) is 3.23. The Kier molecular flexibility index (Phi) is 5.61. The van der Waals surface area contributed by atoms with Gasteiger partial charge in [0.25, 0.3) is 0 Å². The van der Waals surface area contributed by atoms with Gasteiger partial charge in [-0.15, -0.1) is 11.3 Å². The fourth-order valence-electron chi connectivity index (χ4n) is 2.95. The maximum atomic E-state index is 11.5. The summed E-state index contributed by atoms with van der Waals surface area (Å²) in [5.41, 5.74) is 1.11. The molecule has 14 heteroatoms. The van der Waals surface area contributed by atoms with E-state index in [-0.39, 0.29) is 0 Å². The van der Waals surface area contributed by atoms with Crippen molar-refractivity contribution in [2.24, 2.45) is 0 Å². The van der Waals surface area contributed by atoms with Crippen molar-refractivity contribution < 1.29 is 25.9 Å². The van der Waals surface area contributed by atoms with Gasteiger partial charge >= 0.3 is 0 Å². The number of hydrogen-bond donors (Lipinski definition) is 0. The summed E-state index contributed by atoms with van der Waals surface area (Å²) in [6, 6.07) is 6.66. The zero-order valence-corrected chi connectivity index (χ0v) is 19.1. The molecule has 156 valence electrons. The first-order valence-corrected chi connectivity index (χ1v) is 14.0. The molecule has 0 amide bonds. The van der Waals surface area contributed by atoms with Crippen LogP contribution in [0.5, 0.6) is 0 Å². The standard InChI is InChI=1S/C15H13ClN2O6S5/c16-9-1-2-12-11(5-9)18(8-29(22,23)24)13(26-12)6-14-17(7-28(19,20)21)10-3-4-25-15(10)27-14/h1-6,14H,7-8H2,(H,19,20,21)(H,22,23,24)/p-2. The third kappa shape index (κ3) is 4.71. The third-order valence-electron chi connectivity index (χ3n) is 4.02. The molecule has 0 saturated carbocycles. The molecule has 1 atom stereocenters. The van der Waals surface area contributed by atoms with Gasteiger partial charge in [0.05, 0.1) is 20.6 Å². The highest BCUT2D eigenvalue weighted by Gasteiger charge is 2.34. The van der Waals surface area contributed by atoms with Gasteiger partial charge in [-0.3, -0.25) is 0 Å². The van der Waals surface area contributed by atoms with Crippen molar-refractivity contribution in [3.05, 3.63) is 45.8 Å². The Hall–Kier alpha value is -0.930. The lowest BCUT2D eigenvalue weighted by molar-refractivity contribution is 0.460. The predicted octanol–water partition coefficient (Wildman–Crippen LogP) is 3.10. The fraction of sp³-hybridized carbons (Fsp3) is 0.200. The van der Waals surface area contributed by atoms with E-state index in [4.69, 9.17) is 11.6 Å². The molecule has 2 aliphatic heterocycles. The summed E-state index contributed by atoms with van der Waals surface area (Å²) in [4.78, 5) is 3.50. The van der Waals surface area contributed by atoms with Crippen LogP contribution >= 0.6 is 46.5 Å². The van der Waals surface area contributed by atoms with Gasteiger partial charge in [-0.1, -0.05) is 35.1 Å². The van der Waals surface area contributed by atoms with Crippen molar-refractivity contribution >= 4 is 78.1 Å². The van der Waals surface area contributed by atoms with Gasteiger partial charge in [0.2, 0.25) is 0 Å². The van der Waals surface area contributed by atoms with E-state index in [1.807, 2.05) is 0 Å². The number of halogens is 1. The van der Waals surface area contributed by atoms with Crippen LogP contribution in [0.1, 0.15) is 0 Å². The number of hydrogen-bond acceptors (Lipinski definition) is 11. The highest BCUT2D eigenvalue weighted by atomic mass is 35.5. The smallest absolute Gasteiger partial charge is 0.114 e. The van der Waals surface area contributed by atoms with Crippen molar-refractivity contribution in [3.8, 4) is 0 Å². The van der Waals surface area contributed by atoms with E-state index in [1.54, 1.807) is 35.7 Å². The van der Waals surface area contributed by atoms with Crippen LogP contribution in [-0.2, 0) is 20.2 Å². The van der Waals surface area contributed by atoms with Crippen molar-refractivity contribution in [2.75, 3.05) is 21.6 Å². The molecule has 2 aromatic rings. The highest BCUT2D eigenvalue weighted by Crippen LogP contribution is 2.51. The van der Waals surface area contributed by atoms with Crippen LogP contribution in [0.25, 0.3) is 0 Å². The molecule has 0 fully saturated rings. The summed E-state index contributed by atoms with van der Waals surface area (Å²) in [5.74, 6) is -1.51. The third-order valence-corrected chi connectivity index (χ3v) is 8.88. The van der Waals surface area contributed by atoms with E-state index in [1.165, 1.54) is 44.7 Å². The van der Waals surface area contributed by atoms with Crippen molar-refractivity contribution in [1.29, 1.82) is 0 Å². The first-order chi connectivity index (χ1) is 13.5. The van der Waals surface area contributed by atoms with Gasteiger partial charge in [0.1, 0.15) is 37.4 Å². The van der Waals surface area contributed by atoms with Crippen molar-refractivity contribution in [2.45, 2.75) is 14.5 Å². The Labute approximate surface area is 185 Å².